The fourth-order valence-corrected chi connectivity index (χ4v) is 4.40. The Morgan fingerprint density at radius 2 is 2.13 bits per heavy atom. The van der Waals surface area contributed by atoms with Crippen LogP contribution in [0.4, 0.5) is 0 Å². The Bertz CT molecular complexity index is 1070. The molecule has 4 rings (SSSR count). The maximum Gasteiger partial charge on any atom is 0.257 e. The summed E-state index contributed by atoms with van der Waals surface area (Å²) in [5.74, 6) is 0.726. The molecule has 158 valence electrons. The molecule has 2 aromatic heterocycles. The van der Waals surface area contributed by atoms with Crippen molar-refractivity contribution >= 4 is 17.0 Å². The number of nitrogens with one attached hydrogen (secondary N) is 4. The number of pyridine rings is 1. The molecule has 3 aromatic rings. The third-order valence-electron chi connectivity index (χ3n) is 6.02. The van der Waals surface area contributed by atoms with Gasteiger partial charge in [-0.25, -0.2) is 0 Å². The van der Waals surface area contributed by atoms with Crippen LogP contribution in [0.5, 0.6) is 0 Å². The van der Waals surface area contributed by atoms with Gasteiger partial charge in [0.15, 0.2) is 0 Å². The molecule has 0 saturated carbocycles. The minimum atomic E-state index is -0.0840. The number of rotatable bonds is 8. The number of aryl methyl sites for hydroxylation is 1. The largest absolute Gasteiger partial charge is 0.354 e. The van der Waals surface area contributed by atoms with Gasteiger partial charge in [0.05, 0.1) is 11.3 Å². The predicted molar refractivity (Wildman–Crippen MR) is 126 cm³/mol. The van der Waals surface area contributed by atoms with Crippen molar-refractivity contribution in [3.05, 3.63) is 64.1 Å². The second-order valence-corrected chi connectivity index (χ2v) is 8.35. The molecule has 1 aliphatic heterocycles. The van der Waals surface area contributed by atoms with E-state index in [0.29, 0.717) is 5.56 Å². The Labute approximate surface area is 178 Å². The summed E-state index contributed by atoms with van der Waals surface area (Å²) < 4.78 is 0. The fraction of sp³-hybridized carbons (Fsp3) is 0.400. The second kappa shape index (κ2) is 9.45. The molecule has 0 amide bonds. The number of fused-ring (bicyclic) bond motifs is 1. The van der Waals surface area contributed by atoms with Gasteiger partial charge in [0.1, 0.15) is 0 Å². The molecule has 1 fully saturated rings. The first kappa shape index (κ1) is 20.6. The molecule has 3 heterocycles. The molecule has 1 aliphatic rings. The lowest BCUT2D eigenvalue weighted by atomic mass is 10.00. The van der Waals surface area contributed by atoms with Crippen LogP contribution in [0.2, 0.25) is 0 Å². The quantitative estimate of drug-likeness (QED) is 0.454. The first-order valence-corrected chi connectivity index (χ1v) is 11.1. The van der Waals surface area contributed by atoms with Crippen LogP contribution in [0, 0.1) is 5.92 Å². The summed E-state index contributed by atoms with van der Waals surface area (Å²) in [5, 5.41) is 8.21. The third-order valence-corrected chi connectivity index (χ3v) is 6.02. The lowest BCUT2D eigenvalue weighted by Gasteiger charge is -2.22. The topological polar surface area (TPSA) is 72.7 Å². The van der Waals surface area contributed by atoms with Gasteiger partial charge in [0, 0.05) is 23.1 Å². The van der Waals surface area contributed by atoms with Gasteiger partial charge in [-0.1, -0.05) is 26.0 Å². The average Bonchev–Trinajstić information content (AvgIpc) is 3.18. The molecular weight excluding hydrogens is 372 g/mol. The van der Waals surface area contributed by atoms with Gasteiger partial charge in [-0.3, -0.25) is 4.79 Å². The maximum absolute atomic E-state index is 12.7. The summed E-state index contributed by atoms with van der Waals surface area (Å²) in [7, 11) is 0. The van der Waals surface area contributed by atoms with Gasteiger partial charge < -0.3 is 20.6 Å². The SMILES string of the molecule is C=Cc1[nH]c(=O)c(-c2cc3cc(CNCC4CCCNC4)ccc3[nH]2)cc1CCC. The maximum atomic E-state index is 12.7. The Hall–Kier alpha value is -2.63. The molecule has 5 heteroatoms. The van der Waals surface area contributed by atoms with Crippen molar-refractivity contribution in [2.24, 2.45) is 5.92 Å². The highest BCUT2D eigenvalue weighted by atomic mass is 16.1. The van der Waals surface area contributed by atoms with Crippen molar-refractivity contribution in [1.82, 2.24) is 20.6 Å². The van der Waals surface area contributed by atoms with Crippen LogP contribution in [0.15, 0.2) is 41.7 Å². The van der Waals surface area contributed by atoms with E-state index in [1.54, 1.807) is 6.08 Å². The van der Waals surface area contributed by atoms with E-state index < -0.39 is 0 Å². The molecule has 0 spiro atoms. The van der Waals surface area contributed by atoms with Crippen LogP contribution in [-0.4, -0.2) is 29.6 Å². The van der Waals surface area contributed by atoms with Crippen molar-refractivity contribution in [2.45, 2.75) is 39.2 Å². The molecule has 0 aliphatic carbocycles. The van der Waals surface area contributed by atoms with E-state index >= 15 is 0 Å². The standard InChI is InChI=1S/C25H32N4O/c1-3-6-19-12-21(25(30)29-22(19)4-2)24-13-20-11-17(8-9-23(20)28-24)14-27-16-18-7-5-10-26-15-18/h4,8-9,11-13,18,26-28H,2-3,5-7,10,14-16H2,1H3,(H,29,30). The van der Waals surface area contributed by atoms with E-state index in [-0.39, 0.29) is 5.56 Å². The van der Waals surface area contributed by atoms with E-state index in [9.17, 15) is 4.79 Å². The van der Waals surface area contributed by atoms with Gasteiger partial charge >= 0.3 is 0 Å². The monoisotopic (exact) mass is 404 g/mol. The molecule has 1 aromatic carbocycles. The molecule has 5 nitrogen and oxygen atoms in total. The molecular formula is C25H32N4O. The van der Waals surface area contributed by atoms with Crippen LogP contribution in [0.1, 0.15) is 43.0 Å². The number of benzene rings is 1. The van der Waals surface area contributed by atoms with Gasteiger partial charge in [0.2, 0.25) is 0 Å². The zero-order valence-electron chi connectivity index (χ0n) is 17.8. The van der Waals surface area contributed by atoms with E-state index in [4.69, 9.17) is 0 Å². The van der Waals surface area contributed by atoms with Crippen molar-refractivity contribution in [3.8, 4) is 11.3 Å². The van der Waals surface area contributed by atoms with E-state index in [1.165, 1.54) is 18.4 Å². The molecule has 1 unspecified atom stereocenters. The van der Waals surface area contributed by atoms with E-state index in [0.717, 1.165) is 72.8 Å². The highest BCUT2D eigenvalue weighted by Crippen LogP contribution is 2.25. The molecule has 1 atom stereocenters. The van der Waals surface area contributed by atoms with Crippen LogP contribution >= 0.6 is 0 Å². The Morgan fingerprint density at radius 3 is 2.90 bits per heavy atom. The highest BCUT2D eigenvalue weighted by molar-refractivity contribution is 5.86. The fourth-order valence-electron chi connectivity index (χ4n) is 4.40. The van der Waals surface area contributed by atoms with Crippen LogP contribution in [-0.2, 0) is 13.0 Å². The highest BCUT2D eigenvalue weighted by Gasteiger charge is 2.13. The molecule has 30 heavy (non-hydrogen) atoms. The van der Waals surface area contributed by atoms with Crippen LogP contribution in [0.25, 0.3) is 28.2 Å². The minimum Gasteiger partial charge on any atom is -0.354 e. The van der Waals surface area contributed by atoms with Gasteiger partial charge in [-0.05, 0) is 86.3 Å². The zero-order valence-corrected chi connectivity index (χ0v) is 17.8. The lowest BCUT2D eigenvalue weighted by Crippen LogP contribution is -2.35. The van der Waals surface area contributed by atoms with Crippen molar-refractivity contribution in [3.63, 3.8) is 0 Å². The number of hydrogen-bond acceptors (Lipinski definition) is 3. The molecule has 4 N–H and O–H groups in total. The number of hydrogen-bond donors (Lipinski definition) is 4. The summed E-state index contributed by atoms with van der Waals surface area (Å²) >= 11 is 0. The summed E-state index contributed by atoms with van der Waals surface area (Å²) in [5.41, 5.74) is 5.72. The summed E-state index contributed by atoms with van der Waals surface area (Å²) in [6.07, 6.45) is 6.24. The second-order valence-electron chi connectivity index (χ2n) is 8.35. The van der Waals surface area contributed by atoms with Crippen molar-refractivity contribution < 1.29 is 0 Å². The van der Waals surface area contributed by atoms with Gasteiger partial charge in [0.25, 0.3) is 5.56 Å². The minimum absolute atomic E-state index is 0.0840. The van der Waals surface area contributed by atoms with Crippen LogP contribution in [0.3, 0.4) is 0 Å². The summed E-state index contributed by atoms with van der Waals surface area (Å²) in [6.45, 7) is 10.2. The number of aromatic amines is 2. The number of H-pyrrole nitrogens is 2. The van der Waals surface area contributed by atoms with Crippen molar-refractivity contribution in [1.29, 1.82) is 0 Å². The first-order valence-electron chi connectivity index (χ1n) is 11.1. The Balaban J connectivity index is 1.53. The predicted octanol–water partition coefficient (Wildman–Crippen LogP) is 4.21. The van der Waals surface area contributed by atoms with E-state index in [2.05, 4.69) is 58.4 Å². The summed E-state index contributed by atoms with van der Waals surface area (Å²) in [6, 6.07) is 10.6. The third kappa shape index (κ3) is 4.58. The first-order chi connectivity index (χ1) is 14.7. The number of piperidine rings is 1. The average molecular weight is 405 g/mol. The van der Waals surface area contributed by atoms with Gasteiger partial charge in [-0.15, -0.1) is 0 Å². The van der Waals surface area contributed by atoms with E-state index in [1.807, 2.05) is 6.07 Å². The molecule has 0 bridgehead atoms. The molecule has 1 saturated heterocycles. The Morgan fingerprint density at radius 1 is 1.23 bits per heavy atom. The smallest absolute Gasteiger partial charge is 0.257 e. The van der Waals surface area contributed by atoms with Crippen molar-refractivity contribution in [2.75, 3.05) is 19.6 Å². The number of aromatic nitrogens is 2. The van der Waals surface area contributed by atoms with Gasteiger partial charge in [-0.2, -0.15) is 0 Å². The lowest BCUT2D eigenvalue weighted by molar-refractivity contribution is 0.360. The Kier molecular flexibility index (Phi) is 6.50. The molecule has 0 radical (unpaired) electrons. The normalized spacial score (nSPS) is 16.8. The van der Waals surface area contributed by atoms with Crippen LogP contribution < -0.4 is 16.2 Å². The zero-order chi connectivity index (χ0) is 20.9. The summed E-state index contributed by atoms with van der Waals surface area (Å²) in [4.78, 5) is 19.1.